The van der Waals surface area contributed by atoms with E-state index in [2.05, 4.69) is 44.0 Å². The van der Waals surface area contributed by atoms with Crippen molar-refractivity contribution in [3.8, 4) is 0 Å². The summed E-state index contributed by atoms with van der Waals surface area (Å²) in [6.07, 6.45) is 5.32. The zero-order valence-corrected chi connectivity index (χ0v) is 14.3. The predicted molar refractivity (Wildman–Crippen MR) is 87.3 cm³/mol. The molecule has 0 radical (unpaired) electrons. The number of likely N-dealkylation sites (tertiary alicyclic amines) is 1. The molecule has 1 atom stereocenters. The first-order valence-corrected chi connectivity index (χ1v) is 8.12. The SMILES string of the molecule is COC(=O)C(CC(C)C)NC1CCN(CC=C(C)C)CC1. The summed E-state index contributed by atoms with van der Waals surface area (Å²) >= 11 is 0. The van der Waals surface area contributed by atoms with Gasteiger partial charge in [0.05, 0.1) is 7.11 Å². The number of piperidine rings is 1. The number of esters is 1. The van der Waals surface area contributed by atoms with Gasteiger partial charge in [-0.3, -0.25) is 9.69 Å². The van der Waals surface area contributed by atoms with E-state index in [1.807, 2.05) is 0 Å². The van der Waals surface area contributed by atoms with Gasteiger partial charge < -0.3 is 10.1 Å². The smallest absolute Gasteiger partial charge is 0.322 e. The highest BCUT2D eigenvalue weighted by Gasteiger charge is 2.26. The molecular weight excluding hydrogens is 264 g/mol. The Hall–Kier alpha value is -0.870. The Morgan fingerprint density at radius 1 is 1.33 bits per heavy atom. The van der Waals surface area contributed by atoms with Crippen molar-refractivity contribution in [1.29, 1.82) is 0 Å². The third-order valence-electron chi connectivity index (χ3n) is 3.98. The number of carbonyl (C=O) groups excluding carboxylic acids is 1. The van der Waals surface area contributed by atoms with E-state index in [0.717, 1.165) is 38.9 Å². The maximum Gasteiger partial charge on any atom is 0.322 e. The monoisotopic (exact) mass is 296 g/mol. The highest BCUT2D eigenvalue weighted by molar-refractivity contribution is 5.75. The second kappa shape index (κ2) is 9.21. The molecule has 1 fully saturated rings. The van der Waals surface area contributed by atoms with E-state index in [0.29, 0.717) is 12.0 Å². The Kier molecular flexibility index (Phi) is 7.97. The molecule has 0 aromatic carbocycles. The number of methoxy groups -OCH3 is 1. The van der Waals surface area contributed by atoms with Gasteiger partial charge in [0.25, 0.3) is 0 Å². The molecule has 1 unspecified atom stereocenters. The molecule has 0 saturated carbocycles. The molecule has 1 aliphatic heterocycles. The van der Waals surface area contributed by atoms with Crippen LogP contribution in [0.5, 0.6) is 0 Å². The molecule has 0 spiro atoms. The average Bonchev–Trinajstić information content (AvgIpc) is 2.44. The minimum Gasteiger partial charge on any atom is -0.468 e. The van der Waals surface area contributed by atoms with E-state index in [1.54, 1.807) is 0 Å². The van der Waals surface area contributed by atoms with Gasteiger partial charge in [-0.05, 0) is 52.1 Å². The highest BCUT2D eigenvalue weighted by atomic mass is 16.5. The molecule has 0 aromatic heterocycles. The predicted octanol–water partition coefficient (Wildman–Crippen LogP) is 2.59. The molecule has 0 amide bonds. The molecule has 4 heteroatoms. The van der Waals surface area contributed by atoms with Crippen LogP contribution in [-0.4, -0.2) is 49.7 Å². The first-order chi connectivity index (χ1) is 9.92. The van der Waals surface area contributed by atoms with Gasteiger partial charge >= 0.3 is 5.97 Å². The maximum absolute atomic E-state index is 11.9. The van der Waals surface area contributed by atoms with Crippen LogP contribution < -0.4 is 5.32 Å². The van der Waals surface area contributed by atoms with E-state index in [9.17, 15) is 4.79 Å². The molecule has 1 rings (SSSR count). The van der Waals surface area contributed by atoms with Gasteiger partial charge in [0.15, 0.2) is 0 Å². The van der Waals surface area contributed by atoms with E-state index < -0.39 is 0 Å². The fourth-order valence-corrected chi connectivity index (χ4v) is 2.72. The van der Waals surface area contributed by atoms with Crippen LogP contribution in [0.3, 0.4) is 0 Å². The summed E-state index contributed by atoms with van der Waals surface area (Å²) in [6.45, 7) is 11.8. The molecule has 122 valence electrons. The molecule has 1 N–H and O–H groups in total. The summed E-state index contributed by atoms with van der Waals surface area (Å²) < 4.78 is 4.92. The minimum absolute atomic E-state index is 0.129. The molecule has 4 nitrogen and oxygen atoms in total. The van der Waals surface area contributed by atoms with Gasteiger partial charge in [-0.2, -0.15) is 0 Å². The zero-order valence-electron chi connectivity index (χ0n) is 14.3. The Morgan fingerprint density at radius 3 is 2.43 bits per heavy atom. The lowest BCUT2D eigenvalue weighted by molar-refractivity contribution is -0.143. The van der Waals surface area contributed by atoms with Crippen LogP contribution in [0, 0.1) is 5.92 Å². The van der Waals surface area contributed by atoms with Crippen molar-refractivity contribution in [3.63, 3.8) is 0 Å². The van der Waals surface area contributed by atoms with Gasteiger partial charge in [0.2, 0.25) is 0 Å². The lowest BCUT2D eigenvalue weighted by Crippen LogP contribution is -2.49. The van der Waals surface area contributed by atoms with E-state index in [1.165, 1.54) is 12.7 Å². The minimum atomic E-state index is -0.163. The summed E-state index contributed by atoms with van der Waals surface area (Å²) in [6, 6.07) is 0.264. The maximum atomic E-state index is 11.9. The van der Waals surface area contributed by atoms with Gasteiger partial charge in [0, 0.05) is 12.6 Å². The van der Waals surface area contributed by atoms with Crippen LogP contribution in [0.15, 0.2) is 11.6 Å². The molecule has 0 bridgehead atoms. The van der Waals surface area contributed by atoms with Crippen LogP contribution in [0.2, 0.25) is 0 Å². The number of nitrogens with zero attached hydrogens (tertiary/aromatic N) is 1. The molecule has 1 heterocycles. The third-order valence-corrected chi connectivity index (χ3v) is 3.98. The second-order valence-corrected chi connectivity index (χ2v) is 6.73. The zero-order chi connectivity index (χ0) is 15.8. The van der Waals surface area contributed by atoms with Crippen LogP contribution >= 0.6 is 0 Å². The summed E-state index contributed by atoms with van der Waals surface area (Å²) in [7, 11) is 1.47. The Bertz CT molecular complexity index is 341. The molecule has 0 aromatic rings. The standard InChI is InChI=1S/C17H32N2O2/c1-13(2)6-9-19-10-7-15(8-11-19)18-16(12-14(3)4)17(20)21-5/h6,14-16,18H,7-12H2,1-5H3. The molecule has 1 saturated heterocycles. The van der Waals surface area contributed by atoms with Crippen molar-refractivity contribution in [3.05, 3.63) is 11.6 Å². The van der Waals surface area contributed by atoms with E-state index in [-0.39, 0.29) is 12.0 Å². The number of carbonyl (C=O) groups is 1. The van der Waals surface area contributed by atoms with Crippen molar-refractivity contribution in [1.82, 2.24) is 10.2 Å². The molecular formula is C17H32N2O2. The Balaban J connectivity index is 2.41. The van der Waals surface area contributed by atoms with Crippen molar-refractivity contribution in [2.24, 2.45) is 5.92 Å². The highest BCUT2D eigenvalue weighted by Crippen LogP contribution is 2.14. The van der Waals surface area contributed by atoms with Crippen LogP contribution in [-0.2, 0) is 9.53 Å². The first-order valence-electron chi connectivity index (χ1n) is 8.12. The van der Waals surface area contributed by atoms with Crippen molar-refractivity contribution in [2.75, 3.05) is 26.7 Å². The number of rotatable bonds is 7. The number of ether oxygens (including phenoxy) is 1. The van der Waals surface area contributed by atoms with Crippen molar-refractivity contribution in [2.45, 2.75) is 59.0 Å². The number of allylic oxidation sites excluding steroid dienone is 1. The fourth-order valence-electron chi connectivity index (χ4n) is 2.72. The summed E-state index contributed by atoms with van der Waals surface area (Å²) in [5.41, 5.74) is 1.37. The summed E-state index contributed by atoms with van der Waals surface area (Å²) in [4.78, 5) is 14.3. The van der Waals surface area contributed by atoms with Gasteiger partial charge in [-0.25, -0.2) is 0 Å². The normalized spacial score (nSPS) is 18.6. The van der Waals surface area contributed by atoms with Crippen LogP contribution in [0.4, 0.5) is 0 Å². The summed E-state index contributed by atoms with van der Waals surface area (Å²) in [5.74, 6) is 0.357. The number of hydrogen-bond donors (Lipinski definition) is 1. The third kappa shape index (κ3) is 7.09. The van der Waals surface area contributed by atoms with Crippen LogP contribution in [0.1, 0.15) is 47.0 Å². The van der Waals surface area contributed by atoms with E-state index in [4.69, 9.17) is 4.74 Å². The lowest BCUT2D eigenvalue weighted by Gasteiger charge is -2.33. The lowest BCUT2D eigenvalue weighted by atomic mass is 9.99. The fraction of sp³-hybridized carbons (Fsp3) is 0.824. The van der Waals surface area contributed by atoms with Gasteiger partial charge in [0.1, 0.15) is 6.04 Å². The number of hydrogen-bond acceptors (Lipinski definition) is 4. The van der Waals surface area contributed by atoms with Crippen molar-refractivity contribution < 1.29 is 9.53 Å². The first kappa shape index (κ1) is 18.2. The van der Waals surface area contributed by atoms with Gasteiger partial charge in [-0.15, -0.1) is 0 Å². The largest absolute Gasteiger partial charge is 0.468 e. The average molecular weight is 296 g/mol. The van der Waals surface area contributed by atoms with Gasteiger partial charge in [-0.1, -0.05) is 25.5 Å². The van der Waals surface area contributed by atoms with E-state index >= 15 is 0 Å². The Morgan fingerprint density at radius 2 is 1.95 bits per heavy atom. The molecule has 1 aliphatic rings. The number of nitrogens with one attached hydrogen (secondary N) is 1. The van der Waals surface area contributed by atoms with Crippen LogP contribution in [0.25, 0.3) is 0 Å². The summed E-state index contributed by atoms with van der Waals surface area (Å²) in [5, 5.41) is 3.51. The Labute approximate surface area is 129 Å². The van der Waals surface area contributed by atoms with Crippen molar-refractivity contribution >= 4 is 5.97 Å². The quantitative estimate of drug-likeness (QED) is 0.579. The topological polar surface area (TPSA) is 41.6 Å². The second-order valence-electron chi connectivity index (χ2n) is 6.73. The molecule has 0 aliphatic carbocycles. The molecule has 21 heavy (non-hydrogen) atoms.